The van der Waals surface area contributed by atoms with Crippen LogP contribution in [0.1, 0.15) is 89.9 Å². The summed E-state index contributed by atoms with van der Waals surface area (Å²) < 4.78 is 12.2. The molecule has 10 rings (SSSR count). The lowest BCUT2D eigenvalue weighted by Crippen LogP contribution is -2.61. The third-order valence-electron chi connectivity index (χ3n) is 14.5. The standard InChI is InChI=1S/C33H56N8O2/c1-2-8-17-16(7-1)26-34-27(17)36-29-19-10-4-6-12-21(19)31(38-29)40-33-23-14-25-24(42-15-43-25)13-22(23)32(41-33)39-30-20-11-5-3-9-18(20)28(35-26)37-30/h16-41H,1-15H2. The quantitative estimate of drug-likeness (QED) is 0.210. The molecule has 240 valence electrons. The van der Waals surface area contributed by atoms with Gasteiger partial charge in [-0.25, -0.2) is 0 Å². The molecule has 0 aromatic carbocycles. The van der Waals surface area contributed by atoms with E-state index in [9.17, 15) is 0 Å². The minimum atomic E-state index is 0.250. The summed E-state index contributed by atoms with van der Waals surface area (Å²) in [6.45, 7) is 0.472. The highest BCUT2D eigenvalue weighted by atomic mass is 16.7. The Bertz CT molecular complexity index is 961. The maximum absolute atomic E-state index is 6.11. The van der Waals surface area contributed by atoms with Gasteiger partial charge in [0.2, 0.25) is 0 Å². The van der Waals surface area contributed by atoms with Crippen LogP contribution in [0.15, 0.2) is 0 Å². The van der Waals surface area contributed by atoms with Crippen molar-refractivity contribution >= 4 is 0 Å². The summed E-state index contributed by atoms with van der Waals surface area (Å²) in [6.07, 6.45) is 21.8. The second kappa shape index (κ2) is 11.1. The van der Waals surface area contributed by atoms with E-state index in [0.29, 0.717) is 79.3 Å². The van der Waals surface area contributed by atoms with Gasteiger partial charge in [0.25, 0.3) is 0 Å². The fraction of sp³-hybridized carbons (Fsp3) is 1.00. The van der Waals surface area contributed by atoms with Crippen molar-refractivity contribution in [3.8, 4) is 0 Å². The van der Waals surface area contributed by atoms with Gasteiger partial charge in [0.15, 0.2) is 0 Å². The first kappa shape index (κ1) is 27.7. The molecule has 8 N–H and O–H groups in total. The van der Waals surface area contributed by atoms with Gasteiger partial charge in [-0.3, -0.25) is 42.5 Å². The predicted octanol–water partition coefficient (Wildman–Crippen LogP) is 1.57. The van der Waals surface area contributed by atoms with Crippen LogP contribution in [0, 0.1) is 47.3 Å². The minimum Gasteiger partial charge on any atom is -0.349 e. The summed E-state index contributed by atoms with van der Waals surface area (Å²) in [4.78, 5) is 0. The second-order valence-corrected chi connectivity index (χ2v) is 16.3. The summed E-state index contributed by atoms with van der Waals surface area (Å²) in [5.74, 6) is 5.31. The average Bonchev–Trinajstić information content (AvgIpc) is 3.85. The smallest absolute Gasteiger partial charge is 0.147 e. The molecule has 4 aliphatic carbocycles. The Kier molecular flexibility index (Phi) is 7.15. The molecule has 18 atom stereocenters. The zero-order valence-corrected chi connectivity index (χ0v) is 25.8. The van der Waals surface area contributed by atoms with E-state index in [2.05, 4.69) is 42.5 Å². The lowest BCUT2D eigenvalue weighted by molar-refractivity contribution is 0.0377. The molecule has 0 spiro atoms. The molecule has 6 saturated heterocycles. The van der Waals surface area contributed by atoms with Crippen LogP contribution in [-0.2, 0) is 9.47 Å². The summed E-state index contributed by atoms with van der Waals surface area (Å²) in [5, 5.41) is 33.7. The zero-order chi connectivity index (χ0) is 28.1. The van der Waals surface area contributed by atoms with Crippen molar-refractivity contribution in [3.63, 3.8) is 0 Å². The molecule has 6 heterocycles. The molecule has 10 fully saturated rings. The van der Waals surface area contributed by atoms with E-state index in [0.717, 1.165) is 24.7 Å². The first-order valence-corrected chi connectivity index (χ1v) is 18.6. The average molecular weight is 597 g/mol. The highest BCUT2D eigenvalue weighted by molar-refractivity contribution is 5.09. The third kappa shape index (κ3) is 4.64. The van der Waals surface area contributed by atoms with E-state index in [4.69, 9.17) is 9.47 Å². The Hall–Kier alpha value is -0.400. The van der Waals surface area contributed by atoms with Crippen molar-refractivity contribution in [1.29, 1.82) is 0 Å². The normalized spacial score (nSPS) is 59.2. The van der Waals surface area contributed by atoms with E-state index in [1.54, 1.807) is 0 Å². The monoisotopic (exact) mass is 596 g/mol. The van der Waals surface area contributed by atoms with Crippen molar-refractivity contribution in [2.24, 2.45) is 47.3 Å². The first-order chi connectivity index (χ1) is 21.3. The van der Waals surface area contributed by atoms with E-state index in [1.807, 2.05) is 0 Å². The lowest BCUT2D eigenvalue weighted by atomic mass is 9.75. The number of rotatable bonds is 0. The molecule has 0 radical (unpaired) electrons. The Balaban J connectivity index is 0.994. The predicted molar refractivity (Wildman–Crippen MR) is 163 cm³/mol. The van der Waals surface area contributed by atoms with Gasteiger partial charge in [0, 0.05) is 0 Å². The maximum Gasteiger partial charge on any atom is 0.147 e. The molecule has 6 aliphatic heterocycles. The Morgan fingerprint density at radius 3 is 0.791 bits per heavy atom. The Morgan fingerprint density at radius 2 is 0.535 bits per heavy atom. The minimum absolute atomic E-state index is 0.250. The van der Waals surface area contributed by atoms with Gasteiger partial charge in [-0.15, -0.1) is 0 Å². The summed E-state index contributed by atoms with van der Waals surface area (Å²) >= 11 is 0. The number of hydrogen-bond acceptors (Lipinski definition) is 10. The maximum atomic E-state index is 6.11. The van der Waals surface area contributed by atoms with E-state index in [1.165, 1.54) is 77.0 Å². The zero-order valence-electron chi connectivity index (χ0n) is 25.8. The van der Waals surface area contributed by atoms with Gasteiger partial charge in [-0.05, 0) is 98.7 Å². The SMILES string of the molecule is C1CCC2C3NC(NC4NC(NC5NC(NC6NC(N3)C3CCCCC63)C3CC6OCOC6CC53)C3CCCCC43)C2C1. The summed E-state index contributed by atoms with van der Waals surface area (Å²) in [5.41, 5.74) is 0. The van der Waals surface area contributed by atoms with Gasteiger partial charge < -0.3 is 9.47 Å². The van der Waals surface area contributed by atoms with Gasteiger partial charge in [-0.1, -0.05) is 38.5 Å². The van der Waals surface area contributed by atoms with Crippen LogP contribution in [0.5, 0.6) is 0 Å². The Morgan fingerprint density at radius 1 is 0.302 bits per heavy atom. The van der Waals surface area contributed by atoms with Crippen LogP contribution in [0.4, 0.5) is 0 Å². The molecular weight excluding hydrogens is 540 g/mol. The van der Waals surface area contributed by atoms with Crippen LogP contribution in [0.3, 0.4) is 0 Å². The van der Waals surface area contributed by atoms with Crippen molar-refractivity contribution in [1.82, 2.24) is 42.5 Å². The molecule has 0 aromatic heterocycles. The van der Waals surface area contributed by atoms with E-state index < -0.39 is 0 Å². The highest BCUT2D eigenvalue weighted by Crippen LogP contribution is 2.46. The van der Waals surface area contributed by atoms with Crippen molar-refractivity contribution in [3.05, 3.63) is 0 Å². The van der Waals surface area contributed by atoms with Gasteiger partial charge in [0.1, 0.15) is 6.79 Å². The van der Waals surface area contributed by atoms with Crippen LogP contribution in [0.2, 0.25) is 0 Å². The van der Waals surface area contributed by atoms with Crippen LogP contribution in [0.25, 0.3) is 0 Å². The van der Waals surface area contributed by atoms with Crippen molar-refractivity contribution in [2.75, 3.05) is 6.79 Å². The highest BCUT2D eigenvalue weighted by Gasteiger charge is 2.56. The summed E-state index contributed by atoms with van der Waals surface area (Å²) in [6, 6.07) is 0. The van der Waals surface area contributed by atoms with E-state index >= 15 is 0 Å². The van der Waals surface area contributed by atoms with Gasteiger partial charge in [0.05, 0.1) is 61.5 Å². The molecule has 43 heavy (non-hydrogen) atoms. The van der Waals surface area contributed by atoms with E-state index in [-0.39, 0.29) is 24.5 Å². The topological polar surface area (TPSA) is 115 Å². The molecule has 10 nitrogen and oxygen atoms in total. The first-order valence-electron chi connectivity index (χ1n) is 18.6. The number of hydrogen-bond donors (Lipinski definition) is 8. The summed E-state index contributed by atoms with van der Waals surface area (Å²) in [7, 11) is 0. The largest absolute Gasteiger partial charge is 0.349 e. The van der Waals surface area contributed by atoms with Crippen LogP contribution >= 0.6 is 0 Å². The number of fused-ring (bicyclic) bond motifs is 21. The number of ether oxygens (including phenoxy) is 2. The third-order valence-corrected chi connectivity index (χ3v) is 14.5. The molecule has 18 unspecified atom stereocenters. The molecule has 0 amide bonds. The molecule has 8 bridgehead atoms. The van der Waals surface area contributed by atoms with Crippen LogP contribution < -0.4 is 42.5 Å². The fourth-order valence-electron chi connectivity index (χ4n) is 12.5. The Labute approximate surface area is 257 Å². The molecule has 10 aliphatic rings. The van der Waals surface area contributed by atoms with Crippen molar-refractivity contribution < 1.29 is 9.47 Å². The van der Waals surface area contributed by atoms with Crippen molar-refractivity contribution in [2.45, 2.75) is 151 Å². The van der Waals surface area contributed by atoms with Crippen LogP contribution in [-0.4, -0.2) is 68.3 Å². The fourth-order valence-corrected chi connectivity index (χ4v) is 12.5. The molecular formula is C33H56N8O2. The number of nitrogens with one attached hydrogen (secondary N) is 8. The van der Waals surface area contributed by atoms with Gasteiger partial charge >= 0.3 is 0 Å². The van der Waals surface area contributed by atoms with Gasteiger partial charge in [-0.2, -0.15) is 0 Å². The second-order valence-electron chi connectivity index (χ2n) is 16.3. The molecule has 4 saturated carbocycles. The molecule has 10 heteroatoms. The lowest BCUT2D eigenvalue weighted by Gasteiger charge is -2.38. The molecule has 0 aromatic rings.